The van der Waals surface area contributed by atoms with E-state index in [0.717, 1.165) is 76.4 Å². The van der Waals surface area contributed by atoms with Crippen molar-refractivity contribution in [2.24, 2.45) is 0 Å². The molecule has 2 heterocycles. The SMILES string of the molecule is COc1cc(OC)c2c(c1)[C@@H](CCCCCCCCCN1CCC(NC(=O)OCCCCC=O)CC1)OC2=O. The molecule has 1 saturated heterocycles. The highest BCUT2D eigenvalue weighted by Crippen LogP contribution is 2.41. The molecule has 0 spiro atoms. The molecule has 9 heteroatoms. The molecule has 39 heavy (non-hydrogen) atoms. The van der Waals surface area contributed by atoms with Crippen LogP contribution in [0, 0.1) is 0 Å². The number of ether oxygens (including phenoxy) is 4. The number of aldehydes is 1. The number of likely N-dealkylation sites (tertiary alicyclic amines) is 1. The lowest BCUT2D eigenvalue weighted by molar-refractivity contribution is -0.107. The number of alkyl carbamates (subject to hydrolysis) is 1. The van der Waals surface area contributed by atoms with E-state index in [0.29, 0.717) is 30.1 Å². The van der Waals surface area contributed by atoms with Crippen molar-refractivity contribution in [3.8, 4) is 11.5 Å². The van der Waals surface area contributed by atoms with Crippen LogP contribution in [0.5, 0.6) is 11.5 Å². The van der Waals surface area contributed by atoms with Crippen LogP contribution in [0.25, 0.3) is 0 Å². The number of piperidine rings is 1. The second kappa shape index (κ2) is 17.0. The van der Waals surface area contributed by atoms with Crippen molar-refractivity contribution in [1.82, 2.24) is 10.2 Å². The molecule has 1 aromatic carbocycles. The van der Waals surface area contributed by atoms with Gasteiger partial charge < -0.3 is 34.0 Å². The first kappa shape index (κ1) is 30.7. The largest absolute Gasteiger partial charge is 0.497 e. The van der Waals surface area contributed by atoms with Crippen LogP contribution in [-0.2, 0) is 14.3 Å². The maximum absolute atomic E-state index is 12.3. The number of esters is 1. The summed E-state index contributed by atoms with van der Waals surface area (Å²) in [6.07, 6.45) is 13.3. The third-order valence-corrected chi connectivity index (χ3v) is 7.66. The monoisotopic (exact) mass is 546 g/mol. The average Bonchev–Trinajstić information content (AvgIpc) is 3.27. The van der Waals surface area contributed by atoms with Gasteiger partial charge in [-0.25, -0.2) is 9.59 Å². The van der Waals surface area contributed by atoms with Gasteiger partial charge in [0.1, 0.15) is 29.5 Å². The van der Waals surface area contributed by atoms with Gasteiger partial charge in [-0.15, -0.1) is 0 Å². The number of rotatable bonds is 18. The molecule has 1 fully saturated rings. The van der Waals surface area contributed by atoms with Crippen LogP contribution < -0.4 is 14.8 Å². The Kier molecular flexibility index (Phi) is 13.4. The van der Waals surface area contributed by atoms with Gasteiger partial charge in [0.2, 0.25) is 0 Å². The highest BCUT2D eigenvalue weighted by Gasteiger charge is 2.34. The zero-order chi connectivity index (χ0) is 27.9. The van der Waals surface area contributed by atoms with E-state index in [1.54, 1.807) is 20.3 Å². The first-order valence-electron chi connectivity index (χ1n) is 14.6. The first-order valence-corrected chi connectivity index (χ1v) is 14.6. The Morgan fingerprint density at radius 2 is 1.72 bits per heavy atom. The van der Waals surface area contributed by atoms with Crippen molar-refractivity contribution in [3.63, 3.8) is 0 Å². The molecular formula is C30H46N2O7. The number of fused-ring (bicyclic) bond motifs is 1. The number of hydrogen-bond donors (Lipinski definition) is 1. The van der Waals surface area contributed by atoms with Crippen molar-refractivity contribution in [1.29, 1.82) is 0 Å². The topological polar surface area (TPSA) is 103 Å². The van der Waals surface area contributed by atoms with E-state index >= 15 is 0 Å². The van der Waals surface area contributed by atoms with Crippen molar-refractivity contribution in [2.45, 2.75) is 95.6 Å². The van der Waals surface area contributed by atoms with E-state index in [1.165, 1.54) is 32.1 Å². The third kappa shape index (κ3) is 10.0. The summed E-state index contributed by atoms with van der Waals surface area (Å²) in [5, 5.41) is 2.97. The Balaban J connectivity index is 1.18. The van der Waals surface area contributed by atoms with Crippen molar-refractivity contribution < 1.29 is 33.3 Å². The van der Waals surface area contributed by atoms with Gasteiger partial charge in [-0.05, 0) is 57.6 Å². The highest BCUT2D eigenvalue weighted by molar-refractivity contribution is 5.97. The van der Waals surface area contributed by atoms with Crippen LogP contribution in [-0.4, -0.2) is 69.8 Å². The summed E-state index contributed by atoms with van der Waals surface area (Å²) in [6, 6.07) is 3.81. The summed E-state index contributed by atoms with van der Waals surface area (Å²) in [5.41, 5.74) is 1.41. The van der Waals surface area contributed by atoms with Crippen LogP contribution >= 0.6 is 0 Å². The number of carbonyl (C=O) groups is 3. The maximum atomic E-state index is 12.3. The van der Waals surface area contributed by atoms with Crippen LogP contribution in [0.4, 0.5) is 4.79 Å². The summed E-state index contributed by atoms with van der Waals surface area (Å²) in [7, 11) is 3.16. The number of nitrogens with zero attached hydrogens (tertiary/aromatic N) is 1. The minimum atomic E-state index is -0.339. The molecule has 0 aliphatic carbocycles. The lowest BCUT2D eigenvalue weighted by atomic mass is 9.98. The smallest absolute Gasteiger partial charge is 0.407 e. The Bertz CT molecular complexity index is 915. The lowest BCUT2D eigenvalue weighted by Gasteiger charge is -2.32. The summed E-state index contributed by atoms with van der Waals surface area (Å²) in [4.78, 5) is 37.0. The molecule has 0 saturated carbocycles. The van der Waals surface area contributed by atoms with Gasteiger partial charge in [-0.1, -0.05) is 32.1 Å². The van der Waals surface area contributed by atoms with E-state index in [2.05, 4.69) is 10.2 Å². The van der Waals surface area contributed by atoms with Gasteiger partial charge in [0.25, 0.3) is 0 Å². The molecule has 1 atom stereocenters. The first-order chi connectivity index (χ1) is 19.0. The maximum Gasteiger partial charge on any atom is 0.407 e. The second-order valence-corrected chi connectivity index (χ2v) is 10.5. The van der Waals surface area contributed by atoms with Crippen molar-refractivity contribution in [3.05, 3.63) is 23.3 Å². The number of carbonyl (C=O) groups excluding carboxylic acids is 3. The minimum absolute atomic E-state index is 0.189. The summed E-state index contributed by atoms with van der Waals surface area (Å²) in [5.74, 6) is 0.877. The molecule has 0 aromatic heterocycles. The van der Waals surface area contributed by atoms with Crippen LogP contribution in [0.3, 0.4) is 0 Å². The zero-order valence-corrected chi connectivity index (χ0v) is 23.7. The van der Waals surface area contributed by atoms with E-state index in [1.807, 2.05) is 6.07 Å². The molecule has 1 N–H and O–H groups in total. The quantitative estimate of drug-likeness (QED) is 0.144. The fraction of sp³-hybridized carbons (Fsp3) is 0.700. The zero-order valence-electron chi connectivity index (χ0n) is 23.7. The summed E-state index contributed by atoms with van der Waals surface area (Å²) >= 11 is 0. The lowest BCUT2D eigenvalue weighted by Crippen LogP contribution is -2.45. The van der Waals surface area contributed by atoms with Gasteiger partial charge >= 0.3 is 12.1 Å². The molecule has 0 bridgehead atoms. The van der Waals surface area contributed by atoms with E-state index in [-0.39, 0.29) is 24.2 Å². The number of amides is 1. The summed E-state index contributed by atoms with van der Waals surface area (Å²) in [6.45, 7) is 3.51. The van der Waals surface area contributed by atoms with Gasteiger partial charge in [-0.3, -0.25) is 0 Å². The molecule has 1 aromatic rings. The number of unbranched alkanes of at least 4 members (excludes halogenated alkanes) is 8. The van der Waals surface area contributed by atoms with Crippen molar-refractivity contribution in [2.75, 3.05) is 40.5 Å². The normalized spacial score (nSPS) is 17.4. The van der Waals surface area contributed by atoms with E-state index in [4.69, 9.17) is 18.9 Å². The average molecular weight is 547 g/mol. The van der Waals surface area contributed by atoms with Gasteiger partial charge in [0.05, 0.1) is 20.8 Å². The molecule has 218 valence electrons. The number of hydrogen-bond acceptors (Lipinski definition) is 8. The number of cyclic esters (lactones) is 1. The standard InChI is InChI=1S/C30H46N2O7/c1-36-24-21-25-26(39-29(34)28(25)27(22-24)37-2)13-9-6-4-3-5-7-10-16-32-17-14-23(15-18-32)31-30(35)38-20-12-8-11-19-33/h19,21-23,26H,3-18,20H2,1-2H3,(H,31,35)/t26-/m1/s1. The molecule has 0 unspecified atom stereocenters. The Morgan fingerprint density at radius 1 is 1.00 bits per heavy atom. The molecular weight excluding hydrogens is 500 g/mol. The Labute approximate surface area is 232 Å². The van der Waals surface area contributed by atoms with E-state index in [9.17, 15) is 14.4 Å². The molecule has 1 amide bonds. The fourth-order valence-electron chi connectivity index (χ4n) is 5.38. The van der Waals surface area contributed by atoms with Crippen LogP contribution in [0.2, 0.25) is 0 Å². The van der Waals surface area contributed by atoms with Crippen molar-refractivity contribution >= 4 is 18.3 Å². The van der Waals surface area contributed by atoms with E-state index < -0.39 is 0 Å². The van der Waals surface area contributed by atoms with Gasteiger partial charge in [-0.2, -0.15) is 0 Å². The molecule has 9 nitrogen and oxygen atoms in total. The van der Waals surface area contributed by atoms with Crippen LogP contribution in [0.1, 0.15) is 105 Å². The highest BCUT2D eigenvalue weighted by atomic mass is 16.6. The van der Waals surface area contributed by atoms with Gasteiger partial charge in [0, 0.05) is 37.2 Å². The number of benzene rings is 1. The predicted molar refractivity (Wildman–Crippen MR) is 148 cm³/mol. The van der Waals surface area contributed by atoms with Crippen LogP contribution in [0.15, 0.2) is 12.1 Å². The minimum Gasteiger partial charge on any atom is -0.497 e. The third-order valence-electron chi connectivity index (χ3n) is 7.66. The second-order valence-electron chi connectivity index (χ2n) is 10.5. The van der Waals surface area contributed by atoms with Gasteiger partial charge in [0.15, 0.2) is 0 Å². The molecule has 3 rings (SSSR count). The predicted octanol–water partition coefficient (Wildman–Crippen LogP) is 5.60. The fourth-order valence-corrected chi connectivity index (χ4v) is 5.38. The molecule has 0 radical (unpaired) electrons. The molecule has 2 aliphatic rings. The molecule has 2 aliphatic heterocycles. The number of methoxy groups -OCH3 is 2. The Morgan fingerprint density at radius 3 is 2.41 bits per heavy atom. The number of nitrogens with one attached hydrogen (secondary N) is 1. The Hall–Kier alpha value is -2.81. The summed E-state index contributed by atoms with van der Waals surface area (Å²) < 4.78 is 21.6.